The van der Waals surface area contributed by atoms with Crippen LogP contribution in [0.5, 0.6) is 5.75 Å². The van der Waals surface area contributed by atoms with Gasteiger partial charge >= 0.3 is 0 Å². The fourth-order valence-corrected chi connectivity index (χ4v) is 2.77. The molecule has 0 fully saturated rings. The topological polar surface area (TPSA) is 9.23 Å². The first kappa shape index (κ1) is 9.03. The van der Waals surface area contributed by atoms with Gasteiger partial charge in [0.05, 0.1) is 6.61 Å². The Labute approximate surface area is 89.5 Å². The minimum absolute atomic E-state index is 0.716. The van der Waals surface area contributed by atoms with Gasteiger partial charge in [-0.2, -0.15) is 0 Å². The molecule has 2 aromatic rings. The van der Waals surface area contributed by atoms with Crippen molar-refractivity contribution >= 4 is 37.4 Å². The molecule has 0 bridgehead atoms. The Kier molecular flexibility index (Phi) is 2.56. The minimum Gasteiger partial charge on any atom is -0.494 e. The van der Waals surface area contributed by atoms with Crippen LogP contribution in [0.2, 0.25) is 0 Å². The van der Waals surface area contributed by atoms with E-state index in [0.29, 0.717) is 6.61 Å². The molecule has 0 N–H and O–H groups in total. The molecule has 68 valence electrons. The molecule has 0 aliphatic heterocycles. The van der Waals surface area contributed by atoms with E-state index in [-0.39, 0.29) is 0 Å². The lowest BCUT2D eigenvalue weighted by atomic mass is 10.2. The van der Waals surface area contributed by atoms with Crippen LogP contribution in [0, 0.1) is 0 Å². The van der Waals surface area contributed by atoms with Crippen molar-refractivity contribution in [3.63, 3.8) is 0 Å². The number of thiophene rings is 1. The third kappa shape index (κ3) is 1.71. The first-order chi connectivity index (χ1) is 6.31. The molecule has 1 heterocycles. The Hall–Kier alpha value is -0.540. The van der Waals surface area contributed by atoms with Crippen LogP contribution in [0.1, 0.15) is 6.92 Å². The van der Waals surface area contributed by atoms with Crippen molar-refractivity contribution in [1.82, 2.24) is 0 Å². The Morgan fingerprint density at radius 1 is 1.46 bits per heavy atom. The van der Waals surface area contributed by atoms with Gasteiger partial charge in [-0.1, -0.05) is 0 Å². The zero-order valence-corrected chi connectivity index (χ0v) is 9.61. The number of hydrogen-bond acceptors (Lipinski definition) is 2. The molecule has 0 spiro atoms. The number of fused-ring (bicyclic) bond motifs is 1. The molecule has 0 radical (unpaired) electrons. The summed E-state index contributed by atoms with van der Waals surface area (Å²) in [5.41, 5.74) is 0. The van der Waals surface area contributed by atoms with Crippen LogP contribution < -0.4 is 4.74 Å². The summed E-state index contributed by atoms with van der Waals surface area (Å²) in [6.45, 7) is 2.71. The van der Waals surface area contributed by atoms with Crippen LogP contribution >= 0.6 is 27.3 Å². The smallest absolute Gasteiger partial charge is 0.120 e. The van der Waals surface area contributed by atoms with E-state index < -0.39 is 0 Å². The van der Waals surface area contributed by atoms with E-state index in [1.807, 2.05) is 13.0 Å². The zero-order chi connectivity index (χ0) is 9.26. The number of benzene rings is 1. The normalized spacial score (nSPS) is 10.6. The second-order valence-corrected chi connectivity index (χ2v) is 4.44. The van der Waals surface area contributed by atoms with Crippen LogP contribution in [-0.4, -0.2) is 6.61 Å². The average molecular weight is 257 g/mol. The van der Waals surface area contributed by atoms with Gasteiger partial charge in [-0.05, 0) is 41.1 Å². The molecule has 0 unspecified atom stereocenters. The first-order valence-electron chi connectivity index (χ1n) is 4.11. The van der Waals surface area contributed by atoms with Crippen LogP contribution in [0.25, 0.3) is 10.1 Å². The van der Waals surface area contributed by atoms with Gasteiger partial charge in [0.25, 0.3) is 0 Å². The molecule has 0 aliphatic carbocycles. The van der Waals surface area contributed by atoms with Gasteiger partial charge in [0.15, 0.2) is 0 Å². The second kappa shape index (κ2) is 3.68. The molecule has 0 saturated carbocycles. The molecule has 0 aliphatic rings. The number of ether oxygens (including phenoxy) is 1. The Bertz CT molecular complexity index is 422. The maximum atomic E-state index is 5.42. The van der Waals surface area contributed by atoms with E-state index in [1.165, 1.54) is 10.1 Å². The molecule has 13 heavy (non-hydrogen) atoms. The fourth-order valence-electron chi connectivity index (χ4n) is 1.23. The highest BCUT2D eigenvalue weighted by Gasteiger charge is 2.02. The number of rotatable bonds is 2. The predicted molar refractivity (Wildman–Crippen MR) is 60.7 cm³/mol. The van der Waals surface area contributed by atoms with E-state index in [0.717, 1.165) is 10.2 Å². The van der Waals surface area contributed by atoms with Crippen LogP contribution in [0.4, 0.5) is 0 Å². The summed E-state index contributed by atoms with van der Waals surface area (Å²) in [4.78, 5) is 0. The quantitative estimate of drug-likeness (QED) is 0.788. The highest BCUT2D eigenvalue weighted by molar-refractivity contribution is 9.10. The van der Waals surface area contributed by atoms with Gasteiger partial charge in [-0.15, -0.1) is 11.3 Å². The van der Waals surface area contributed by atoms with E-state index in [1.54, 1.807) is 11.3 Å². The van der Waals surface area contributed by atoms with Gasteiger partial charge < -0.3 is 4.74 Å². The van der Waals surface area contributed by atoms with Crippen molar-refractivity contribution < 1.29 is 4.74 Å². The molecular weight excluding hydrogens is 248 g/mol. The van der Waals surface area contributed by atoms with E-state index >= 15 is 0 Å². The molecular formula is C10H9BrOS. The average Bonchev–Trinajstić information content (AvgIpc) is 2.49. The van der Waals surface area contributed by atoms with E-state index in [4.69, 9.17) is 4.74 Å². The van der Waals surface area contributed by atoms with Crippen LogP contribution in [0.3, 0.4) is 0 Å². The largest absolute Gasteiger partial charge is 0.494 e. The Morgan fingerprint density at radius 2 is 2.31 bits per heavy atom. The monoisotopic (exact) mass is 256 g/mol. The van der Waals surface area contributed by atoms with Crippen molar-refractivity contribution in [3.05, 3.63) is 28.1 Å². The summed E-state index contributed by atoms with van der Waals surface area (Å²) < 4.78 is 7.86. The van der Waals surface area contributed by atoms with Crippen LogP contribution in [-0.2, 0) is 0 Å². The fraction of sp³-hybridized carbons (Fsp3) is 0.200. The lowest BCUT2D eigenvalue weighted by molar-refractivity contribution is 0.341. The third-order valence-corrected chi connectivity index (χ3v) is 3.73. The van der Waals surface area contributed by atoms with E-state index in [9.17, 15) is 0 Å². The van der Waals surface area contributed by atoms with E-state index in [2.05, 4.69) is 33.4 Å². The molecule has 3 heteroatoms. The Balaban J connectivity index is 2.53. The zero-order valence-electron chi connectivity index (χ0n) is 7.21. The summed E-state index contributed by atoms with van der Waals surface area (Å²) in [6.07, 6.45) is 0. The highest BCUT2D eigenvalue weighted by Crippen LogP contribution is 2.32. The van der Waals surface area contributed by atoms with Gasteiger partial charge in [-0.25, -0.2) is 0 Å². The first-order valence-corrected chi connectivity index (χ1v) is 5.78. The molecule has 0 saturated heterocycles. The van der Waals surface area contributed by atoms with Crippen molar-refractivity contribution in [1.29, 1.82) is 0 Å². The molecule has 1 aromatic carbocycles. The van der Waals surface area contributed by atoms with Crippen molar-refractivity contribution in [2.75, 3.05) is 6.61 Å². The maximum Gasteiger partial charge on any atom is 0.120 e. The number of hydrogen-bond donors (Lipinski definition) is 0. The van der Waals surface area contributed by atoms with Crippen molar-refractivity contribution in [2.24, 2.45) is 0 Å². The third-order valence-electron chi connectivity index (χ3n) is 1.81. The van der Waals surface area contributed by atoms with Crippen LogP contribution in [0.15, 0.2) is 28.1 Å². The van der Waals surface area contributed by atoms with Gasteiger partial charge in [0.1, 0.15) is 5.75 Å². The molecule has 2 rings (SSSR count). The summed E-state index contributed by atoms with van der Waals surface area (Å²) in [5, 5.41) is 3.33. The molecule has 0 atom stereocenters. The van der Waals surface area contributed by atoms with Crippen molar-refractivity contribution in [3.8, 4) is 5.75 Å². The lowest BCUT2D eigenvalue weighted by Crippen LogP contribution is -1.89. The number of halogens is 1. The molecule has 1 aromatic heterocycles. The second-order valence-electron chi connectivity index (χ2n) is 2.67. The molecule has 0 amide bonds. The van der Waals surface area contributed by atoms with Crippen molar-refractivity contribution in [2.45, 2.75) is 6.92 Å². The van der Waals surface area contributed by atoms with Gasteiger partial charge in [-0.3, -0.25) is 0 Å². The molecule has 1 nitrogen and oxygen atoms in total. The summed E-state index contributed by atoms with van der Waals surface area (Å²) in [7, 11) is 0. The SMILES string of the molecule is CCOc1ccc2scc(Br)c2c1. The van der Waals surface area contributed by atoms with Gasteiger partial charge in [0, 0.05) is 19.9 Å². The minimum atomic E-state index is 0.716. The van der Waals surface area contributed by atoms with Gasteiger partial charge in [0.2, 0.25) is 0 Å². The highest BCUT2D eigenvalue weighted by atomic mass is 79.9. The summed E-state index contributed by atoms with van der Waals surface area (Å²) in [5.74, 6) is 0.939. The lowest BCUT2D eigenvalue weighted by Gasteiger charge is -2.01. The standard InChI is InChI=1S/C10H9BrOS/c1-2-12-7-3-4-10-8(5-7)9(11)6-13-10/h3-6H,2H2,1H3. The summed E-state index contributed by atoms with van der Waals surface area (Å²) in [6, 6.07) is 6.17. The maximum absolute atomic E-state index is 5.42. The predicted octanol–water partition coefficient (Wildman–Crippen LogP) is 4.06. The summed E-state index contributed by atoms with van der Waals surface area (Å²) >= 11 is 5.25. The Morgan fingerprint density at radius 3 is 3.08 bits per heavy atom.